The van der Waals surface area contributed by atoms with Crippen LogP contribution in [0.2, 0.25) is 5.02 Å². The first-order chi connectivity index (χ1) is 21.5. The van der Waals surface area contributed by atoms with Gasteiger partial charge in [-0.2, -0.15) is 0 Å². The van der Waals surface area contributed by atoms with E-state index < -0.39 is 12.6 Å². The Labute approximate surface area is 281 Å². The lowest BCUT2D eigenvalue weighted by atomic mass is 9.81. The zero-order valence-corrected chi connectivity index (χ0v) is 28.2. The number of anilines is 1. The minimum absolute atomic E-state index is 0.134. The number of aryl methyl sites for hydroxylation is 2. The quantitative estimate of drug-likeness (QED) is 0.0878. The highest BCUT2D eigenvalue weighted by atomic mass is 79.9. The molecule has 2 heterocycles. The van der Waals surface area contributed by atoms with Crippen LogP contribution in [0.3, 0.4) is 0 Å². The van der Waals surface area contributed by atoms with Gasteiger partial charge in [-0.25, -0.2) is 9.78 Å². The molecule has 6 unspecified atom stereocenters. The predicted molar refractivity (Wildman–Crippen MR) is 179 cm³/mol. The zero-order valence-electron chi connectivity index (χ0n) is 24.3. The number of esters is 1. The molecule has 7 nitrogen and oxygen atoms in total. The number of ether oxygens (including phenoxy) is 1. The number of imide groups is 1. The molecule has 6 atom stereocenters. The number of hydrogen-bond donors (Lipinski definition) is 0. The number of rotatable bonds is 6. The predicted octanol–water partition coefficient (Wildman–Crippen LogP) is 7.49. The van der Waals surface area contributed by atoms with E-state index in [-0.39, 0.29) is 56.5 Å². The molecule has 0 spiro atoms. The zero-order chi connectivity index (χ0) is 31.7. The maximum absolute atomic E-state index is 13.5. The molecule has 2 saturated carbocycles. The number of benzene rings is 3. The summed E-state index contributed by atoms with van der Waals surface area (Å²) in [4.78, 5) is 59.6. The number of pyridine rings is 1. The van der Waals surface area contributed by atoms with Crippen LogP contribution in [-0.2, 0) is 14.3 Å². The first-order valence-electron chi connectivity index (χ1n) is 14.7. The van der Waals surface area contributed by atoms with Gasteiger partial charge in [0.2, 0.25) is 11.8 Å². The molecule has 0 radical (unpaired) electrons. The van der Waals surface area contributed by atoms with Crippen LogP contribution in [0.4, 0.5) is 5.69 Å². The normalized spacial score (nSPS) is 25.2. The van der Waals surface area contributed by atoms with Gasteiger partial charge >= 0.3 is 5.97 Å². The molecule has 3 fully saturated rings. The number of ketones is 1. The maximum Gasteiger partial charge on any atom is 0.339 e. The van der Waals surface area contributed by atoms with E-state index in [4.69, 9.17) is 21.3 Å². The molecule has 7 rings (SSSR count). The summed E-state index contributed by atoms with van der Waals surface area (Å²) in [5, 5.41) is 0.924. The third-order valence-corrected chi connectivity index (χ3v) is 13.0. The summed E-state index contributed by atoms with van der Waals surface area (Å²) >= 11 is 13.7. The Balaban J connectivity index is 1.15. The van der Waals surface area contributed by atoms with Crippen molar-refractivity contribution in [3.63, 3.8) is 0 Å². The van der Waals surface area contributed by atoms with Crippen molar-refractivity contribution < 1.29 is 23.9 Å². The van der Waals surface area contributed by atoms with Gasteiger partial charge in [0.1, 0.15) is 0 Å². The molecular weight excluding hydrogens is 724 g/mol. The smallest absolute Gasteiger partial charge is 0.339 e. The number of halogens is 3. The van der Waals surface area contributed by atoms with Crippen molar-refractivity contribution in [1.29, 1.82) is 0 Å². The van der Waals surface area contributed by atoms with Crippen molar-refractivity contribution >= 4 is 83.6 Å². The van der Waals surface area contributed by atoms with Crippen LogP contribution in [0, 0.1) is 37.5 Å². The lowest BCUT2D eigenvalue weighted by molar-refractivity contribution is -0.123. The molecule has 1 aromatic heterocycles. The standard InChI is InChI=1S/C35H27Br2ClN2O5/c1-16-3-4-19(11-17(16)2)28(41)15-45-35(44)23-14-27(39-26-10-7-20(38)12-22(23)26)18-5-8-21(9-6-18)40-33(42)29-24-13-25(30(29)34(40)43)32(37)31(24)36/h3-12,14,24-25,29-32H,13,15H2,1-2H3. The number of carbonyl (C=O) groups is 4. The van der Waals surface area contributed by atoms with E-state index in [1.165, 1.54) is 4.90 Å². The fraction of sp³-hybridized carbons (Fsp3) is 0.286. The van der Waals surface area contributed by atoms with Gasteiger partial charge in [0.05, 0.1) is 34.3 Å². The summed E-state index contributed by atoms with van der Waals surface area (Å²) in [5.41, 5.74) is 4.94. The second-order valence-corrected chi connectivity index (χ2v) is 14.6. The van der Waals surface area contributed by atoms with Gasteiger partial charge in [-0.15, -0.1) is 0 Å². The van der Waals surface area contributed by atoms with Crippen molar-refractivity contribution in [2.75, 3.05) is 11.5 Å². The van der Waals surface area contributed by atoms with Gasteiger partial charge in [-0.1, -0.05) is 67.7 Å². The van der Waals surface area contributed by atoms with Gasteiger partial charge in [0.15, 0.2) is 12.4 Å². The third kappa shape index (κ3) is 5.04. The molecule has 228 valence electrons. The number of alkyl halides is 2. The summed E-state index contributed by atoms with van der Waals surface area (Å²) < 4.78 is 5.49. The first-order valence-corrected chi connectivity index (χ1v) is 16.9. The molecule has 3 aromatic carbocycles. The lowest BCUT2D eigenvalue weighted by Gasteiger charge is -2.28. The number of hydrogen-bond acceptors (Lipinski definition) is 6. The second kappa shape index (κ2) is 11.4. The summed E-state index contributed by atoms with van der Waals surface area (Å²) in [7, 11) is 0. The summed E-state index contributed by atoms with van der Waals surface area (Å²) in [5.74, 6) is -1.60. The monoisotopic (exact) mass is 748 g/mol. The molecule has 1 saturated heterocycles. The van der Waals surface area contributed by atoms with E-state index in [9.17, 15) is 19.2 Å². The largest absolute Gasteiger partial charge is 0.454 e. The van der Waals surface area contributed by atoms with Crippen LogP contribution in [-0.4, -0.2) is 44.8 Å². The second-order valence-electron chi connectivity index (χ2n) is 12.1. The Hall–Kier alpha value is -3.40. The number of Topliss-reactive ketones (excluding diaryl/α,β-unsaturated/α-hetero) is 1. The molecule has 3 aliphatic rings. The van der Waals surface area contributed by atoms with Crippen LogP contribution in [0.15, 0.2) is 66.7 Å². The van der Waals surface area contributed by atoms with Crippen LogP contribution >= 0.6 is 43.5 Å². The highest BCUT2D eigenvalue weighted by Crippen LogP contribution is 2.60. The Morgan fingerprint density at radius 3 is 2.20 bits per heavy atom. The average molecular weight is 751 g/mol. The third-order valence-electron chi connectivity index (χ3n) is 9.56. The minimum atomic E-state index is -0.677. The van der Waals surface area contributed by atoms with E-state index in [0.29, 0.717) is 38.4 Å². The van der Waals surface area contributed by atoms with Gasteiger partial charge in [-0.05, 0) is 85.7 Å². The van der Waals surface area contributed by atoms with Crippen molar-refractivity contribution in [3.8, 4) is 11.3 Å². The highest BCUT2D eigenvalue weighted by molar-refractivity contribution is 9.12. The van der Waals surface area contributed by atoms with E-state index in [2.05, 4.69) is 31.9 Å². The van der Waals surface area contributed by atoms with Crippen molar-refractivity contribution in [1.82, 2.24) is 4.98 Å². The summed E-state index contributed by atoms with van der Waals surface area (Å²) in [6.07, 6.45) is 0.870. The van der Waals surface area contributed by atoms with Gasteiger partial charge in [0, 0.05) is 31.2 Å². The van der Waals surface area contributed by atoms with Gasteiger partial charge in [-0.3, -0.25) is 19.3 Å². The molecule has 10 heteroatoms. The molecule has 2 amide bonds. The Bertz CT molecular complexity index is 1900. The summed E-state index contributed by atoms with van der Waals surface area (Å²) in [6, 6.07) is 19.1. The minimum Gasteiger partial charge on any atom is -0.454 e. The molecule has 1 aliphatic heterocycles. The number of fused-ring (bicyclic) bond motifs is 6. The van der Waals surface area contributed by atoms with Crippen molar-refractivity contribution in [3.05, 3.63) is 94.0 Å². The summed E-state index contributed by atoms with van der Waals surface area (Å²) in [6.45, 7) is 3.47. The van der Waals surface area contributed by atoms with E-state index >= 15 is 0 Å². The maximum atomic E-state index is 13.5. The molecule has 4 aromatic rings. The molecule has 0 N–H and O–H groups in total. The fourth-order valence-corrected chi connectivity index (χ4v) is 9.15. The van der Waals surface area contributed by atoms with Crippen LogP contribution < -0.4 is 4.90 Å². The van der Waals surface area contributed by atoms with Crippen LogP contribution in [0.1, 0.15) is 38.3 Å². The number of carbonyl (C=O) groups excluding carboxylic acids is 4. The molecule has 2 bridgehead atoms. The molecule has 45 heavy (non-hydrogen) atoms. The van der Waals surface area contributed by atoms with E-state index in [1.54, 1.807) is 60.7 Å². The number of nitrogens with zero attached hydrogens (tertiary/aromatic N) is 2. The average Bonchev–Trinajstić information content (AvgIpc) is 3.65. The van der Waals surface area contributed by atoms with E-state index in [1.807, 2.05) is 19.9 Å². The van der Waals surface area contributed by atoms with Crippen molar-refractivity contribution in [2.45, 2.75) is 29.9 Å². The SMILES string of the molecule is Cc1ccc(C(=O)COC(=O)c2cc(-c3ccc(N4C(=O)C5C6CC(C(Br)C6Br)C5C4=O)cc3)nc3ccc(Cl)cc23)cc1C. The highest BCUT2D eigenvalue weighted by Gasteiger charge is 2.66. The Morgan fingerprint density at radius 1 is 0.889 bits per heavy atom. The Kier molecular flexibility index (Phi) is 7.69. The molecular formula is C35H27Br2ClN2O5. The lowest BCUT2D eigenvalue weighted by Crippen LogP contribution is -2.37. The van der Waals surface area contributed by atoms with Gasteiger partial charge < -0.3 is 4.74 Å². The van der Waals surface area contributed by atoms with Crippen LogP contribution in [0.5, 0.6) is 0 Å². The number of amides is 2. The van der Waals surface area contributed by atoms with Crippen LogP contribution in [0.25, 0.3) is 22.2 Å². The fourth-order valence-electron chi connectivity index (χ4n) is 7.11. The van der Waals surface area contributed by atoms with Gasteiger partial charge in [0.25, 0.3) is 0 Å². The number of aromatic nitrogens is 1. The first kappa shape index (κ1) is 30.3. The Morgan fingerprint density at radius 2 is 1.56 bits per heavy atom. The van der Waals surface area contributed by atoms with Crippen molar-refractivity contribution in [2.24, 2.45) is 23.7 Å². The topological polar surface area (TPSA) is 93.6 Å². The molecule has 2 aliphatic carbocycles. The van der Waals surface area contributed by atoms with E-state index in [0.717, 1.165) is 17.5 Å².